The van der Waals surface area contributed by atoms with Crippen molar-refractivity contribution in [3.8, 4) is 0 Å². The van der Waals surface area contributed by atoms with E-state index in [1.807, 2.05) is 19.1 Å². The van der Waals surface area contributed by atoms with E-state index in [2.05, 4.69) is 5.32 Å². The summed E-state index contributed by atoms with van der Waals surface area (Å²) in [6, 6.07) is 5.85. The summed E-state index contributed by atoms with van der Waals surface area (Å²) >= 11 is 6.18. The van der Waals surface area contributed by atoms with E-state index in [4.69, 9.17) is 16.0 Å². The minimum absolute atomic E-state index is 0.0735. The van der Waals surface area contributed by atoms with Gasteiger partial charge in [-0.15, -0.1) is 0 Å². The van der Waals surface area contributed by atoms with Crippen molar-refractivity contribution in [2.75, 3.05) is 13.1 Å². The SMILES string of the molecule is Cc1c(C(=O)N2CCC[C@@H](C(=O)NC3CC3)C2)oc2c(Cl)cccc12. The number of carbonyl (C=O) groups excluding carboxylic acids is 2. The van der Waals surface area contributed by atoms with Crippen LogP contribution in [0.2, 0.25) is 5.02 Å². The predicted molar refractivity (Wildman–Crippen MR) is 95.8 cm³/mol. The van der Waals surface area contributed by atoms with E-state index >= 15 is 0 Å². The number of hydrogen-bond acceptors (Lipinski definition) is 3. The zero-order valence-electron chi connectivity index (χ0n) is 14.2. The van der Waals surface area contributed by atoms with Crippen molar-refractivity contribution in [1.82, 2.24) is 10.2 Å². The second-order valence-corrected chi connectivity index (χ2v) is 7.45. The van der Waals surface area contributed by atoms with E-state index in [9.17, 15) is 9.59 Å². The molecule has 2 aromatic rings. The largest absolute Gasteiger partial charge is 0.449 e. The van der Waals surface area contributed by atoms with Crippen molar-refractivity contribution in [3.63, 3.8) is 0 Å². The quantitative estimate of drug-likeness (QED) is 0.910. The van der Waals surface area contributed by atoms with Crippen molar-refractivity contribution in [3.05, 3.63) is 34.5 Å². The summed E-state index contributed by atoms with van der Waals surface area (Å²) in [6.07, 6.45) is 3.79. The molecule has 1 aliphatic carbocycles. The average molecular weight is 361 g/mol. The number of aryl methyl sites for hydroxylation is 1. The minimum atomic E-state index is -0.159. The van der Waals surface area contributed by atoms with E-state index in [0.717, 1.165) is 36.6 Å². The number of nitrogens with zero attached hydrogens (tertiary/aromatic N) is 1. The molecule has 1 aliphatic heterocycles. The Hall–Kier alpha value is -2.01. The lowest BCUT2D eigenvalue weighted by atomic mass is 9.96. The summed E-state index contributed by atoms with van der Waals surface area (Å²) in [4.78, 5) is 27.0. The number of para-hydroxylation sites is 1. The molecule has 6 heteroatoms. The molecule has 4 rings (SSSR count). The van der Waals surface area contributed by atoms with Gasteiger partial charge in [-0.25, -0.2) is 0 Å². The summed E-state index contributed by atoms with van der Waals surface area (Å²) in [5.41, 5.74) is 1.34. The van der Waals surface area contributed by atoms with Crippen LogP contribution in [-0.4, -0.2) is 35.8 Å². The van der Waals surface area contributed by atoms with Crippen LogP contribution >= 0.6 is 11.6 Å². The molecule has 2 fully saturated rings. The molecule has 5 nitrogen and oxygen atoms in total. The molecular formula is C19H21ClN2O3. The summed E-state index contributed by atoms with van der Waals surface area (Å²) in [6.45, 7) is 2.97. The number of likely N-dealkylation sites (tertiary alicyclic amines) is 1. The maximum absolute atomic E-state index is 13.0. The Morgan fingerprint density at radius 1 is 1.28 bits per heavy atom. The van der Waals surface area contributed by atoms with Crippen molar-refractivity contribution in [2.24, 2.45) is 5.92 Å². The smallest absolute Gasteiger partial charge is 0.289 e. The Morgan fingerprint density at radius 2 is 2.08 bits per heavy atom. The number of fused-ring (bicyclic) bond motifs is 1. The first-order valence-corrected chi connectivity index (χ1v) is 9.19. The first-order valence-electron chi connectivity index (χ1n) is 8.82. The molecule has 0 unspecified atom stereocenters. The number of benzene rings is 1. The number of furan rings is 1. The molecule has 1 atom stereocenters. The number of piperidine rings is 1. The normalized spacial score (nSPS) is 20.7. The van der Waals surface area contributed by atoms with Gasteiger partial charge in [-0.1, -0.05) is 23.7 Å². The molecule has 25 heavy (non-hydrogen) atoms. The molecule has 2 aliphatic rings. The molecule has 0 bridgehead atoms. The van der Waals surface area contributed by atoms with Gasteiger partial charge in [0.2, 0.25) is 5.91 Å². The molecule has 1 saturated heterocycles. The Labute approximate surface area is 151 Å². The number of hydrogen-bond donors (Lipinski definition) is 1. The van der Waals surface area contributed by atoms with E-state index in [0.29, 0.717) is 35.5 Å². The van der Waals surface area contributed by atoms with Crippen LogP contribution in [0.3, 0.4) is 0 Å². The molecule has 0 spiro atoms. The van der Waals surface area contributed by atoms with Gasteiger partial charge in [0, 0.05) is 30.1 Å². The highest BCUT2D eigenvalue weighted by molar-refractivity contribution is 6.35. The fraction of sp³-hybridized carbons (Fsp3) is 0.474. The molecule has 0 radical (unpaired) electrons. The van der Waals surface area contributed by atoms with Gasteiger partial charge in [0.15, 0.2) is 11.3 Å². The van der Waals surface area contributed by atoms with Crippen LogP contribution in [0.5, 0.6) is 0 Å². The van der Waals surface area contributed by atoms with Crippen LogP contribution in [0.4, 0.5) is 0 Å². The van der Waals surface area contributed by atoms with Gasteiger partial charge in [-0.3, -0.25) is 9.59 Å². The third-order valence-corrected chi connectivity index (χ3v) is 5.41. The summed E-state index contributed by atoms with van der Waals surface area (Å²) in [5.74, 6) is 0.107. The molecule has 1 N–H and O–H groups in total. The lowest BCUT2D eigenvalue weighted by Crippen LogP contribution is -2.45. The number of rotatable bonds is 3. The van der Waals surface area contributed by atoms with E-state index in [-0.39, 0.29) is 17.7 Å². The Bertz CT molecular complexity index is 841. The van der Waals surface area contributed by atoms with E-state index in [1.165, 1.54) is 0 Å². The van der Waals surface area contributed by atoms with Crippen molar-refractivity contribution in [1.29, 1.82) is 0 Å². The Balaban J connectivity index is 1.55. The van der Waals surface area contributed by atoms with Gasteiger partial charge in [0.25, 0.3) is 5.91 Å². The third kappa shape index (κ3) is 3.13. The average Bonchev–Trinajstić information content (AvgIpc) is 3.37. The summed E-state index contributed by atoms with van der Waals surface area (Å²) < 4.78 is 5.79. The Kier molecular flexibility index (Phi) is 4.20. The fourth-order valence-corrected chi connectivity index (χ4v) is 3.69. The van der Waals surface area contributed by atoms with Crippen LogP contribution in [-0.2, 0) is 4.79 Å². The van der Waals surface area contributed by atoms with Crippen LogP contribution in [0.15, 0.2) is 22.6 Å². The molecular weight excluding hydrogens is 340 g/mol. The maximum Gasteiger partial charge on any atom is 0.289 e. The number of carbonyl (C=O) groups is 2. The van der Waals surface area contributed by atoms with Gasteiger partial charge in [0.05, 0.1) is 10.9 Å². The van der Waals surface area contributed by atoms with Gasteiger partial charge in [0.1, 0.15) is 0 Å². The number of halogens is 1. The van der Waals surface area contributed by atoms with E-state index < -0.39 is 0 Å². The second-order valence-electron chi connectivity index (χ2n) is 7.05. The molecule has 1 saturated carbocycles. The fourth-order valence-electron chi connectivity index (χ4n) is 3.48. The molecule has 1 aromatic heterocycles. The van der Waals surface area contributed by atoms with Gasteiger partial charge in [-0.05, 0) is 38.7 Å². The van der Waals surface area contributed by atoms with Gasteiger partial charge in [-0.2, -0.15) is 0 Å². The monoisotopic (exact) mass is 360 g/mol. The highest BCUT2D eigenvalue weighted by Crippen LogP contribution is 2.32. The van der Waals surface area contributed by atoms with Crippen LogP contribution in [0.1, 0.15) is 41.8 Å². The third-order valence-electron chi connectivity index (χ3n) is 5.11. The van der Waals surface area contributed by atoms with Crippen LogP contribution in [0, 0.1) is 12.8 Å². The second kappa shape index (κ2) is 6.37. The Morgan fingerprint density at radius 3 is 2.80 bits per heavy atom. The van der Waals surface area contributed by atoms with Gasteiger partial charge < -0.3 is 14.6 Å². The number of nitrogens with one attached hydrogen (secondary N) is 1. The zero-order valence-corrected chi connectivity index (χ0v) is 14.9. The van der Waals surface area contributed by atoms with E-state index in [1.54, 1.807) is 11.0 Å². The van der Waals surface area contributed by atoms with Crippen molar-refractivity contribution < 1.29 is 14.0 Å². The van der Waals surface area contributed by atoms with Crippen molar-refractivity contribution >= 4 is 34.4 Å². The van der Waals surface area contributed by atoms with Crippen LogP contribution in [0.25, 0.3) is 11.0 Å². The highest BCUT2D eigenvalue weighted by atomic mass is 35.5. The number of amides is 2. The maximum atomic E-state index is 13.0. The van der Waals surface area contributed by atoms with Gasteiger partial charge >= 0.3 is 0 Å². The molecule has 1 aromatic carbocycles. The first kappa shape index (κ1) is 16.5. The lowest BCUT2D eigenvalue weighted by molar-refractivity contribution is -0.126. The topological polar surface area (TPSA) is 62.6 Å². The lowest BCUT2D eigenvalue weighted by Gasteiger charge is -2.31. The highest BCUT2D eigenvalue weighted by Gasteiger charge is 2.33. The molecule has 2 heterocycles. The molecule has 2 amide bonds. The van der Waals surface area contributed by atoms with Crippen molar-refractivity contribution in [2.45, 2.75) is 38.6 Å². The minimum Gasteiger partial charge on any atom is -0.449 e. The summed E-state index contributed by atoms with van der Waals surface area (Å²) in [5, 5.41) is 4.40. The predicted octanol–water partition coefficient (Wildman–Crippen LogP) is 3.53. The zero-order chi connectivity index (χ0) is 17.6. The molecule has 132 valence electrons. The summed E-state index contributed by atoms with van der Waals surface area (Å²) in [7, 11) is 0. The standard InChI is InChI=1S/C19H21ClN2O3/c1-11-14-5-2-6-15(20)17(14)25-16(11)19(24)22-9-3-4-12(10-22)18(23)21-13-7-8-13/h2,5-6,12-13H,3-4,7-10H2,1H3,(H,21,23)/t12-/m1/s1. The first-order chi connectivity index (χ1) is 12.0. The van der Waals surface area contributed by atoms with Crippen LogP contribution < -0.4 is 5.32 Å².